The molecule has 2 aromatic carbocycles. The summed E-state index contributed by atoms with van der Waals surface area (Å²) in [5.41, 5.74) is 2.24. The number of hydrogen-bond donors (Lipinski definition) is 1. The summed E-state index contributed by atoms with van der Waals surface area (Å²) in [5.74, 6) is -0.0917. The van der Waals surface area contributed by atoms with Gasteiger partial charge >= 0.3 is 0 Å². The number of halogens is 1. The summed E-state index contributed by atoms with van der Waals surface area (Å²) in [6.45, 7) is 1.53. The van der Waals surface area contributed by atoms with Crippen LogP contribution in [0, 0.1) is 11.7 Å². The van der Waals surface area contributed by atoms with Crippen LogP contribution in [-0.4, -0.2) is 23.4 Å². The first-order valence-corrected chi connectivity index (χ1v) is 9.05. The average molecular weight is 338 g/mol. The molecule has 25 heavy (non-hydrogen) atoms. The van der Waals surface area contributed by atoms with Crippen molar-refractivity contribution in [3.05, 3.63) is 71.5 Å². The molecule has 130 valence electrons. The SMILES string of the molecule is O=C(NCc1ccc(F)cc1)[C@@H]1C[C@H](c2ccccc2)N2CCC[C@@H]12. The Hall–Kier alpha value is -2.20. The summed E-state index contributed by atoms with van der Waals surface area (Å²) < 4.78 is 13.0. The molecule has 2 saturated heterocycles. The highest BCUT2D eigenvalue weighted by atomic mass is 19.1. The highest BCUT2D eigenvalue weighted by Crippen LogP contribution is 2.44. The molecule has 2 aliphatic rings. The predicted molar refractivity (Wildman–Crippen MR) is 95.3 cm³/mol. The third kappa shape index (κ3) is 3.31. The van der Waals surface area contributed by atoms with E-state index in [1.54, 1.807) is 12.1 Å². The summed E-state index contributed by atoms with van der Waals surface area (Å²) in [5, 5.41) is 3.06. The van der Waals surface area contributed by atoms with Crippen LogP contribution in [0.4, 0.5) is 4.39 Å². The van der Waals surface area contributed by atoms with E-state index in [-0.39, 0.29) is 17.6 Å². The first-order valence-electron chi connectivity index (χ1n) is 9.05. The molecule has 2 aromatic rings. The largest absolute Gasteiger partial charge is 0.352 e. The minimum absolute atomic E-state index is 0.0353. The maximum atomic E-state index is 13.0. The number of benzene rings is 2. The fraction of sp³-hybridized carbons (Fsp3) is 0.381. The van der Waals surface area contributed by atoms with Gasteiger partial charge in [0.2, 0.25) is 5.91 Å². The molecule has 0 saturated carbocycles. The van der Waals surface area contributed by atoms with Crippen molar-refractivity contribution in [3.63, 3.8) is 0 Å². The normalized spacial score (nSPS) is 25.7. The first-order chi connectivity index (χ1) is 12.2. The summed E-state index contributed by atoms with van der Waals surface area (Å²) in [6, 6.07) is 17.5. The molecule has 0 spiro atoms. The quantitative estimate of drug-likeness (QED) is 0.922. The van der Waals surface area contributed by atoms with E-state index in [1.807, 2.05) is 6.07 Å². The van der Waals surface area contributed by atoms with Crippen molar-refractivity contribution in [1.82, 2.24) is 10.2 Å². The number of carbonyl (C=O) groups is 1. The zero-order valence-electron chi connectivity index (χ0n) is 14.2. The number of carbonyl (C=O) groups excluding carboxylic acids is 1. The van der Waals surface area contributed by atoms with Crippen LogP contribution in [0.3, 0.4) is 0 Å². The summed E-state index contributed by atoms with van der Waals surface area (Å²) in [4.78, 5) is 15.3. The number of nitrogens with zero attached hydrogens (tertiary/aromatic N) is 1. The number of amides is 1. The van der Waals surface area contributed by atoms with Crippen LogP contribution in [0.25, 0.3) is 0 Å². The fourth-order valence-corrected chi connectivity index (χ4v) is 4.37. The van der Waals surface area contributed by atoms with Crippen molar-refractivity contribution in [2.45, 2.75) is 37.9 Å². The fourth-order valence-electron chi connectivity index (χ4n) is 4.37. The maximum absolute atomic E-state index is 13.0. The van der Waals surface area contributed by atoms with Crippen LogP contribution in [-0.2, 0) is 11.3 Å². The molecule has 0 radical (unpaired) electrons. The lowest BCUT2D eigenvalue weighted by Gasteiger charge is -2.24. The third-order valence-corrected chi connectivity index (χ3v) is 5.59. The maximum Gasteiger partial charge on any atom is 0.225 e. The van der Waals surface area contributed by atoms with Crippen LogP contribution < -0.4 is 5.32 Å². The second-order valence-electron chi connectivity index (χ2n) is 7.06. The van der Waals surface area contributed by atoms with Gasteiger partial charge in [-0.2, -0.15) is 0 Å². The van der Waals surface area contributed by atoms with Crippen LogP contribution in [0.1, 0.15) is 36.4 Å². The van der Waals surface area contributed by atoms with E-state index in [0.29, 0.717) is 18.6 Å². The van der Waals surface area contributed by atoms with Crippen molar-refractivity contribution in [2.24, 2.45) is 5.92 Å². The lowest BCUT2D eigenvalue weighted by molar-refractivity contribution is -0.125. The standard InChI is InChI=1S/C21H23FN2O/c22-17-10-8-15(9-11-17)14-23-21(25)18-13-20(16-5-2-1-3-6-16)24-12-4-7-19(18)24/h1-3,5-6,8-11,18-20H,4,7,12-14H2,(H,23,25)/t18-,19+,20-/m1/s1. The van der Waals surface area contributed by atoms with E-state index in [1.165, 1.54) is 17.7 Å². The topological polar surface area (TPSA) is 32.3 Å². The van der Waals surface area contributed by atoms with Crippen molar-refractivity contribution < 1.29 is 9.18 Å². The molecule has 2 fully saturated rings. The molecule has 2 heterocycles. The van der Waals surface area contributed by atoms with Crippen molar-refractivity contribution in [3.8, 4) is 0 Å². The monoisotopic (exact) mass is 338 g/mol. The molecule has 0 bridgehead atoms. The zero-order valence-corrected chi connectivity index (χ0v) is 14.2. The second kappa shape index (κ2) is 6.96. The molecule has 4 rings (SSSR count). The first kappa shape index (κ1) is 16.3. The molecule has 0 aliphatic carbocycles. The summed E-state index contributed by atoms with van der Waals surface area (Å²) in [6.07, 6.45) is 3.14. The predicted octanol–water partition coefficient (Wildman–Crippen LogP) is 3.67. The Kier molecular flexibility index (Phi) is 4.53. The van der Waals surface area contributed by atoms with Crippen molar-refractivity contribution in [1.29, 1.82) is 0 Å². The molecule has 0 unspecified atom stereocenters. The van der Waals surface area contributed by atoms with Gasteiger partial charge in [0.1, 0.15) is 5.82 Å². The Labute approximate surface area is 147 Å². The van der Waals surface area contributed by atoms with Gasteiger partial charge < -0.3 is 5.32 Å². The Bertz CT molecular complexity index is 731. The van der Waals surface area contributed by atoms with Gasteiger partial charge in [-0.25, -0.2) is 4.39 Å². The van der Waals surface area contributed by atoms with Gasteiger partial charge in [-0.15, -0.1) is 0 Å². The Morgan fingerprint density at radius 1 is 1.12 bits per heavy atom. The molecular weight excluding hydrogens is 315 g/mol. The molecule has 0 aromatic heterocycles. The van der Waals surface area contributed by atoms with E-state index in [4.69, 9.17) is 0 Å². The lowest BCUT2D eigenvalue weighted by Crippen LogP contribution is -2.37. The van der Waals surface area contributed by atoms with E-state index in [9.17, 15) is 9.18 Å². The van der Waals surface area contributed by atoms with Crippen LogP contribution in [0.2, 0.25) is 0 Å². The van der Waals surface area contributed by atoms with Gasteiger partial charge in [-0.3, -0.25) is 9.69 Å². The average Bonchev–Trinajstić information content (AvgIpc) is 3.24. The highest BCUT2D eigenvalue weighted by molar-refractivity contribution is 5.80. The number of hydrogen-bond acceptors (Lipinski definition) is 2. The molecule has 1 N–H and O–H groups in total. The van der Waals surface area contributed by atoms with Crippen molar-refractivity contribution in [2.75, 3.05) is 6.54 Å². The molecule has 3 nitrogen and oxygen atoms in total. The van der Waals surface area contributed by atoms with Crippen LogP contribution in [0.5, 0.6) is 0 Å². The molecule has 1 amide bonds. The molecular formula is C21H23FN2O. The van der Waals surface area contributed by atoms with Crippen molar-refractivity contribution >= 4 is 5.91 Å². The van der Waals surface area contributed by atoms with Gasteiger partial charge in [0, 0.05) is 18.6 Å². The van der Waals surface area contributed by atoms with Crippen LogP contribution >= 0.6 is 0 Å². The van der Waals surface area contributed by atoms with Gasteiger partial charge in [0.25, 0.3) is 0 Å². The van der Waals surface area contributed by atoms with Gasteiger partial charge in [-0.1, -0.05) is 42.5 Å². The smallest absolute Gasteiger partial charge is 0.225 e. The minimum Gasteiger partial charge on any atom is -0.352 e. The van der Waals surface area contributed by atoms with Crippen LogP contribution in [0.15, 0.2) is 54.6 Å². The van der Waals surface area contributed by atoms with E-state index in [2.05, 4.69) is 34.5 Å². The Morgan fingerprint density at radius 2 is 1.88 bits per heavy atom. The minimum atomic E-state index is -0.252. The Balaban J connectivity index is 1.44. The molecule has 4 heteroatoms. The summed E-state index contributed by atoms with van der Waals surface area (Å²) >= 11 is 0. The number of rotatable bonds is 4. The number of nitrogens with one attached hydrogen (secondary N) is 1. The van der Waals surface area contributed by atoms with Gasteiger partial charge in [-0.05, 0) is 49.1 Å². The molecule has 2 aliphatic heterocycles. The third-order valence-electron chi connectivity index (χ3n) is 5.59. The zero-order chi connectivity index (χ0) is 17.2. The second-order valence-corrected chi connectivity index (χ2v) is 7.06. The highest BCUT2D eigenvalue weighted by Gasteiger charge is 2.46. The van der Waals surface area contributed by atoms with Gasteiger partial charge in [0.15, 0.2) is 0 Å². The Morgan fingerprint density at radius 3 is 2.64 bits per heavy atom. The lowest BCUT2D eigenvalue weighted by atomic mass is 9.93. The molecule has 3 atom stereocenters. The van der Waals surface area contributed by atoms with E-state index >= 15 is 0 Å². The summed E-state index contributed by atoms with van der Waals surface area (Å²) in [7, 11) is 0. The van der Waals surface area contributed by atoms with E-state index in [0.717, 1.165) is 31.4 Å². The van der Waals surface area contributed by atoms with Gasteiger partial charge in [0.05, 0.1) is 5.92 Å². The van der Waals surface area contributed by atoms with E-state index < -0.39 is 0 Å². The number of fused-ring (bicyclic) bond motifs is 1.